The standard InChI is InChI=1S/C30H33ClN6O2/c1-30(2,3)39-29(38)37(16-22-12-25(22)20-5-4-6-23(31)11-20)28-13-26(33-18-34-28)32-14-24-17-36-15-21(19-7-8-19)9-10-27(36)35-24/h4-6,9-11,13,15,17-19,22,25H,7-8,12,14,16H2,1-3H3,(H,32,33,34)/t22-,25-/m1/s1. The molecule has 0 saturated heterocycles. The highest BCUT2D eigenvalue weighted by Gasteiger charge is 2.41. The molecule has 0 spiro atoms. The predicted octanol–water partition coefficient (Wildman–Crippen LogP) is 6.81. The Morgan fingerprint density at radius 2 is 1.97 bits per heavy atom. The molecule has 202 valence electrons. The molecule has 39 heavy (non-hydrogen) atoms. The summed E-state index contributed by atoms with van der Waals surface area (Å²) in [6, 6.07) is 14.0. The smallest absolute Gasteiger partial charge is 0.416 e. The van der Waals surface area contributed by atoms with Gasteiger partial charge < -0.3 is 14.5 Å². The summed E-state index contributed by atoms with van der Waals surface area (Å²) < 4.78 is 7.84. The molecule has 0 unspecified atom stereocenters. The monoisotopic (exact) mass is 544 g/mol. The zero-order valence-electron chi connectivity index (χ0n) is 22.5. The molecule has 6 rings (SSSR count). The molecule has 2 saturated carbocycles. The molecule has 2 aliphatic rings. The molecule has 0 radical (unpaired) electrons. The van der Waals surface area contributed by atoms with Crippen LogP contribution in [-0.2, 0) is 11.3 Å². The number of nitrogens with zero attached hydrogens (tertiary/aromatic N) is 5. The minimum absolute atomic E-state index is 0.292. The number of aromatic nitrogens is 4. The highest BCUT2D eigenvalue weighted by Crippen LogP contribution is 2.48. The van der Waals surface area contributed by atoms with Crippen LogP contribution < -0.4 is 10.2 Å². The van der Waals surface area contributed by atoms with Crippen LogP contribution in [0, 0.1) is 5.92 Å². The van der Waals surface area contributed by atoms with Crippen LogP contribution in [0.25, 0.3) is 5.65 Å². The van der Waals surface area contributed by atoms with Gasteiger partial charge in [0.1, 0.15) is 29.2 Å². The van der Waals surface area contributed by atoms with Gasteiger partial charge in [-0.2, -0.15) is 0 Å². The summed E-state index contributed by atoms with van der Waals surface area (Å²) in [6.45, 7) is 6.60. The quantitative estimate of drug-likeness (QED) is 0.262. The van der Waals surface area contributed by atoms with Crippen LogP contribution in [0.4, 0.5) is 16.4 Å². The van der Waals surface area contributed by atoms with E-state index in [9.17, 15) is 4.79 Å². The lowest BCUT2D eigenvalue weighted by Gasteiger charge is -2.27. The molecule has 3 aromatic heterocycles. The van der Waals surface area contributed by atoms with Crippen LogP contribution >= 0.6 is 11.6 Å². The molecule has 8 nitrogen and oxygen atoms in total. The number of carbonyl (C=O) groups is 1. The normalized spacial score (nSPS) is 18.7. The molecule has 0 aliphatic heterocycles. The van der Waals surface area contributed by atoms with E-state index in [0.29, 0.717) is 42.5 Å². The van der Waals surface area contributed by atoms with Crippen molar-refractivity contribution in [2.45, 2.75) is 64.0 Å². The SMILES string of the molecule is CC(C)(C)OC(=O)N(C[C@H]1C[C@@H]1c1cccc(Cl)c1)c1cc(NCc2cn3cc(C4CC4)ccc3n2)ncn1. The number of nitrogens with one attached hydrogen (secondary N) is 1. The van der Waals surface area contributed by atoms with Gasteiger partial charge in [0.15, 0.2) is 0 Å². The number of carbonyl (C=O) groups excluding carboxylic acids is 1. The molecule has 2 aliphatic carbocycles. The Morgan fingerprint density at radius 3 is 2.74 bits per heavy atom. The van der Waals surface area contributed by atoms with Crippen molar-refractivity contribution in [1.29, 1.82) is 0 Å². The Bertz CT molecular complexity index is 1510. The van der Waals surface area contributed by atoms with Gasteiger partial charge in [-0.25, -0.2) is 19.7 Å². The average molecular weight is 545 g/mol. The van der Waals surface area contributed by atoms with Crippen molar-refractivity contribution in [3.8, 4) is 0 Å². The first-order chi connectivity index (χ1) is 18.7. The summed E-state index contributed by atoms with van der Waals surface area (Å²) in [6.07, 6.45) is 8.80. The second kappa shape index (κ2) is 10.2. The zero-order valence-corrected chi connectivity index (χ0v) is 23.2. The Kier molecular flexibility index (Phi) is 6.67. The van der Waals surface area contributed by atoms with E-state index in [0.717, 1.165) is 22.8 Å². The second-order valence-corrected chi connectivity index (χ2v) is 12.0. The molecule has 4 aromatic rings. The van der Waals surface area contributed by atoms with E-state index in [1.807, 2.05) is 45.2 Å². The molecule has 2 atom stereocenters. The summed E-state index contributed by atoms with van der Waals surface area (Å²) in [4.78, 5) is 28.5. The number of hydrogen-bond acceptors (Lipinski definition) is 6. The Hall–Kier alpha value is -3.65. The number of imidazole rings is 1. The van der Waals surface area contributed by atoms with Gasteiger partial charge >= 0.3 is 6.09 Å². The van der Waals surface area contributed by atoms with E-state index in [-0.39, 0.29) is 0 Å². The maximum atomic E-state index is 13.3. The van der Waals surface area contributed by atoms with Crippen LogP contribution in [0.5, 0.6) is 0 Å². The molecular formula is C30H33ClN6O2. The van der Waals surface area contributed by atoms with Gasteiger partial charge in [-0.3, -0.25) is 4.90 Å². The molecule has 3 heterocycles. The topological polar surface area (TPSA) is 84.7 Å². The number of rotatable bonds is 8. The molecule has 1 N–H and O–H groups in total. The third-order valence-corrected chi connectivity index (χ3v) is 7.42. The number of anilines is 2. The number of ether oxygens (including phenoxy) is 1. The fraction of sp³-hybridized carbons (Fsp3) is 0.400. The van der Waals surface area contributed by atoms with Crippen molar-refractivity contribution < 1.29 is 9.53 Å². The van der Waals surface area contributed by atoms with Gasteiger partial charge in [-0.05, 0) is 87.1 Å². The van der Waals surface area contributed by atoms with Crippen LogP contribution in [0.15, 0.2) is 61.2 Å². The molecule has 1 aromatic carbocycles. The predicted molar refractivity (Wildman–Crippen MR) is 152 cm³/mol. The summed E-state index contributed by atoms with van der Waals surface area (Å²) in [5.74, 6) is 2.46. The average Bonchev–Trinajstić information content (AvgIpc) is 3.82. The van der Waals surface area contributed by atoms with Crippen molar-refractivity contribution in [2.24, 2.45) is 5.92 Å². The maximum absolute atomic E-state index is 13.3. The van der Waals surface area contributed by atoms with Crippen molar-refractivity contribution in [3.05, 3.63) is 83.0 Å². The van der Waals surface area contributed by atoms with Crippen LogP contribution in [0.2, 0.25) is 5.02 Å². The molecule has 1 amide bonds. The van der Waals surface area contributed by atoms with E-state index >= 15 is 0 Å². The second-order valence-electron chi connectivity index (χ2n) is 11.6. The third-order valence-electron chi connectivity index (χ3n) is 7.18. The highest BCUT2D eigenvalue weighted by molar-refractivity contribution is 6.30. The summed E-state index contributed by atoms with van der Waals surface area (Å²) in [7, 11) is 0. The van der Waals surface area contributed by atoms with E-state index in [1.165, 1.54) is 30.3 Å². The van der Waals surface area contributed by atoms with Crippen LogP contribution in [0.1, 0.15) is 68.7 Å². The molecule has 9 heteroatoms. The van der Waals surface area contributed by atoms with Gasteiger partial charge in [-0.15, -0.1) is 0 Å². The lowest BCUT2D eigenvalue weighted by Crippen LogP contribution is -2.38. The first-order valence-electron chi connectivity index (χ1n) is 13.5. The largest absolute Gasteiger partial charge is 0.443 e. The van der Waals surface area contributed by atoms with E-state index in [4.69, 9.17) is 21.3 Å². The van der Waals surface area contributed by atoms with Gasteiger partial charge in [0.05, 0.1) is 12.2 Å². The zero-order chi connectivity index (χ0) is 27.1. The lowest BCUT2D eigenvalue weighted by atomic mass is 10.1. The first-order valence-corrected chi connectivity index (χ1v) is 13.9. The lowest BCUT2D eigenvalue weighted by molar-refractivity contribution is 0.0577. The summed E-state index contributed by atoms with van der Waals surface area (Å²) >= 11 is 6.21. The van der Waals surface area contributed by atoms with Crippen molar-refractivity contribution in [2.75, 3.05) is 16.8 Å². The minimum Gasteiger partial charge on any atom is -0.443 e. The fourth-order valence-electron chi connectivity index (χ4n) is 4.99. The third kappa shape index (κ3) is 6.17. The Balaban J connectivity index is 1.17. The molecule has 0 bridgehead atoms. The van der Waals surface area contributed by atoms with Crippen molar-refractivity contribution in [1.82, 2.24) is 19.4 Å². The molecular weight excluding hydrogens is 512 g/mol. The number of pyridine rings is 1. The van der Waals surface area contributed by atoms with Crippen molar-refractivity contribution >= 4 is 35.0 Å². The van der Waals surface area contributed by atoms with Gasteiger partial charge in [0, 0.05) is 30.0 Å². The van der Waals surface area contributed by atoms with E-state index < -0.39 is 11.7 Å². The van der Waals surface area contributed by atoms with Gasteiger partial charge in [0.2, 0.25) is 0 Å². The van der Waals surface area contributed by atoms with E-state index in [1.54, 1.807) is 11.0 Å². The number of amides is 1. The summed E-state index contributed by atoms with van der Waals surface area (Å²) in [5.41, 5.74) is 3.78. The number of fused-ring (bicyclic) bond motifs is 1. The Morgan fingerprint density at radius 1 is 1.13 bits per heavy atom. The fourth-order valence-corrected chi connectivity index (χ4v) is 5.18. The van der Waals surface area contributed by atoms with E-state index in [2.05, 4.69) is 44.1 Å². The maximum Gasteiger partial charge on any atom is 0.416 e. The van der Waals surface area contributed by atoms with Crippen LogP contribution in [0.3, 0.4) is 0 Å². The minimum atomic E-state index is -0.623. The van der Waals surface area contributed by atoms with Gasteiger partial charge in [0.25, 0.3) is 0 Å². The Labute approximate surface area is 233 Å². The molecule has 2 fully saturated rings. The van der Waals surface area contributed by atoms with Crippen molar-refractivity contribution in [3.63, 3.8) is 0 Å². The van der Waals surface area contributed by atoms with Crippen LogP contribution in [-0.4, -0.2) is 37.6 Å². The number of halogens is 1. The number of hydrogen-bond donors (Lipinski definition) is 1. The first kappa shape index (κ1) is 25.6. The summed E-state index contributed by atoms with van der Waals surface area (Å²) in [5, 5.41) is 4.07. The van der Waals surface area contributed by atoms with Gasteiger partial charge in [-0.1, -0.05) is 29.8 Å². The highest BCUT2D eigenvalue weighted by atomic mass is 35.5. The number of benzene rings is 1.